The summed E-state index contributed by atoms with van der Waals surface area (Å²) in [6.45, 7) is 7.66. The highest BCUT2D eigenvalue weighted by Gasteiger charge is 2.39. The molecule has 12 heteroatoms. The van der Waals surface area contributed by atoms with Crippen LogP contribution < -0.4 is 10.7 Å². The third kappa shape index (κ3) is 5.79. The van der Waals surface area contributed by atoms with Crippen molar-refractivity contribution in [1.82, 2.24) is 34.6 Å². The van der Waals surface area contributed by atoms with Gasteiger partial charge in [-0.05, 0) is 50.2 Å². The molecule has 11 nitrogen and oxygen atoms in total. The van der Waals surface area contributed by atoms with Gasteiger partial charge in [-0.1, -0.05) is 56.3 Å². The van der Waals surface area contributed by atoms with Crippen molar-refractivity contribution in [3.05, 3.63) is 40.1 Å². The third-order valence-electron chi connectivity index (χ3n) is 9.32. The summed E-state index contributed by atoms with van der Waals surface area (Å²) in [5.74, 6) is 1.59. The Kier molecular flexibility index (Phi) is 8.26. The number of anilines is 1. The van der Waals surface area contributed by atoms with Crippen LogP contribution in [0.4, 0.5) is 5.95 Å². The number of carbonyl (C=O) groups excluding carboxylic acids is 1. The first kappa shape index (κ1) is 29.3. The van der Waals surface area contributed by atoms with Crippen LogP contribution in [0.3, 0.4) is 0 Å². The van der Waals surface area contributed by atoms with Gasteiger partial charge in [0.15, 0.2) is 0 Å². The van der Waals surface area contributed by atoms with Crippen molar-refractivity contribution in [1.29, 1.82) is 0 Å². The van der Waals surface area contributed by atoms with E-state index in [4.69, 9.17) is 26.1 Å². The van der Waals surface area contributed by atoms with Gasteiger partial charge in [0.25, 0.3) is 0 Å². The summed E-state index contributed by atoms with van der Waals surface area (Å²) >= 11 is 6.42. The number of aromatic nitrogens is 6. The molecule has 2 fully saturated rings. The highest BCUT2D eigenvalue weighted by molar-refractivity contribution is 6.30. The minimum Gasteiger partial charge on any atom is -0.339 e. The van der Waals surface area contributed by atoms with Crippen LogP contribution in [0.15, 0.2) is 33.8 Å². The molecule has 0 radical (unpaired) electrons. The van der Waals surface area contributed by atoms with Crippen molar-refractivity contribution in [3.63, 3.8) is 0 Å². The second-order valence-corrected chi connectivity index (χ2v) is 12.7. The molecule has 5 heterocycles. The van der Waals surface area contributed by atoms with E-state index in [0.29, 0.717) is 27.8 Å². The van der Waals surface area contributed by atoms with Crippen molar-refractivity contribution >= 4 is 34.5 Å². The fraction of sp³-hybridized carbons (Fsp3) is 0.548. The molecule has 1 saturated carbocycles. The van der Waals surface area contributed by atoms with Gasteiger partial charge in [-0.15, -0.1) is 0 Å². The minimum atomic E-state index is -0.663. The number of piperazine rings is 1. The molecule has 1 aliphatic carbocycles. The first-order valence-corrected chi connectivity index (χ1v) is 15.7. The number of hydrogen-bond donors (Lipinski definition) is 1. The van der Waals surface area contributed by atoms with Crippen LogP contribution in [0.1, 0.15) is 65.7 Å². The van der Waals surface area contributed by atoms with E-state index in [2.05, 4.69) is 45.4 Å². The molecule has 0 unspecified atom stereocenters. The van der Waals surface area contributed by atoms with Gasteiger partial charge in [-0.2, -0.15) is 0 Å². The summed E-state index contributed by atoms with van der Waals surface area (Å²) in [6.07, 6.45) is 11.1. The number of nitrogens with one attached hydrogen (secondary N) is 1. The smallest absolute Gasteiger partial charge is 0.339 e. The second kappa shape index (κ2) is 12.1. The topological polar surface area (TPSA) is 126 Å². The quantitative estimate of drug-likeness (QED) is 0.277. The zero-order valence-electron chi connectivity index (χ0n) is 25.2. The highest BCUT2D eigenvalue weighted by atomic mass is 35.5. The summed E-state index contributed by atoms with van der Waals surface area (Å²) in [7, 11) is 1.90. The van der Waals surface area contributed by atoms with Crippen molar-refractivity contribution in [2.45, 2.75) is 84.3 Å². The van der Waals surface area contributed by atoms with E-state index in [0.717, 1.165) is 61.6 Å². The van der Waals surface area contributed by atoms with Gasteiger partial charge in [-0.25, -0.2) is 14.8 Å². The molecule has 1 N–H and O–H groups in total. The molecule has 0 bridgehead atoms. The molecule has 228 valence electrons. The highest BCUT2D eigenvalue weighted by Crippen LogP contribution is 2.38. The number of rotatable bonds is 8. The molecular formula is C31H39ClN8O3. The number of carbonyl (C=O) groups is 1. The predicted octanol–water partition coefficient (Wildman–Crippen LogP) is 5.54. The molecule has 0 spiro atoms. The van der Waals surface area contributed by atoms with Crippen molar-refractivity contribution in [3.8, 4) is 22.8 Å². The van der Waals surface area contributed by atoms with E-state index >= 15 is 0 Å². The number of likely N-dealkylation sites (N-methyl/N-ethyl adjacent to an activating group) is 1. The molecule has 1 saturated heterocycles. The van der Waals surface area contributed by atoms with Crippen molar-refractivity contribution in [2.75, 3.05) is 18.5 Å². The van der Waals surface area contributed by atoms with Crippen molar-refractivity contribution < 1.29 is 9.32 Å². The Morgan fingerprint density at radius 1 is 1.09 bits per heavy atom. The molecule has 4 aromatic heterocycles. The second-order valence-electron chi connectivity index (χ2n) is 12.3. The molecular weight excluding hydrogens is 568 g/mol. The number of nitrogens with zero attached hydrogens (tertiary/aromatic N) is 7. The molecule has 2 aliphatic rings. The van der Waals surface area contributed by atoms with Gasteiger partial charge < -0.3 is 14.4 Å². The minimum absolute atomic E-state index is 0.0297. The molecule has 0 aromatic carbocycles. The van der Waals surface area contributed by atoms with Crippen LogP contribution in [0.5, 0.6) is 0 Å². The number of amides is 1. The standard InChI is InChI=1S/C31H39ClN8O3/c1-5-6-7-25-19(3)38(4)26(41)17-39(25)30-35-23-13-24(29-36-31(42)43-37-29)34-27(21-12-22(32)15-33-14-21)28(23)40(30)16-20-10-8-18(2)9-11-20/h12-15,18-20,25H,5-11,16-17H2,1-4H3,(H,36,37,42)/t18?,19-,20?,25-/m0/s1. The lowest BCUT2D eigenvalue weighted by Gasteiger charge is -2.45. The maximum Gasteiger partial charge on any atom is 0.439 e. The number of aromatic amines is 1. The number of halogens is 1. The number of imidazole rings is 1. The molecule has 1 aliphatic heterocycles. The Hall–Kier alpha value is -3.73. The van der Waals surface area contributed by atoms with E-state index in [1.807, 2.05) is 24.1 Å². The maximum absolute atomic E-state index is 13.3. The van der Waals surface area contributed by atoms with Crippen LogP contribution >= 0.6 is 11.6 Å². The van der Waals surface area contributed by atoms with Crippen LogP contribution in [-0.4, -0.2) is 66.1 Å². The van der Waals surface area contributed by atoms with Crippen LogP contribution in [0.2, 0.25) is 5.02 Å². The van der Waals surface area contributed by atoms with Gasteiger partial charge >= 0.3 is 5.76 Å². The van der Waals surface area contributed by atoms with Crippen LogP contribution in [0, 0.1) is 11.8 Å². The van der Waals surface area contributed by atoms with Gasteiger partial charge in [0.2, 0.25) is 17.7 Å². The van der Waals surface area contributed by atoms with Crippen LogP contribution in [0.25, 0.3) is 33.8 Å². The van der Waals surface area contributed by atoms with Gasteiger partial charge in [0, 0.05) is 37.6 Å². The SMILES string of the molecule is CCCC[C@H]1[C@H](C)N(C)C(=O)CN1c1nc2cc(-c3noc(=O)[nH]3)nc(-c3cncc(Cl)c3)c2n1CC1CCC(C)CC1. The number of pyridine rings is 2. The molecule has 6 rings (SSSR count). The summed E-state index contributed by atoms with van der Waals surface area (Å²) in [5, 5.41) is 4.38. The fourth-order valence-electron chi connectivity index (χ4n) is 6.66. The summed E-state index contributed by atoms with van der Waals surface area (Å²) in [6, 6.07) is 3.80. The van der Waals surface area contributed by atoms with Crippen molar-refractivity contribution in [2.24, 2.45) is 11.8 Å². The van der Waals surface area contributed by atoms with E-state index in [-0.39, 0.29) is 30.4 Å². The largest absolute Gasteiger partial charge is 0.439 e. The van der Waals surface area contributed by atoms with E-state index in [1.54, 1.807) is 12.4 Å². The summed E-state index contributed by atoms with van der Waals surface area (Å²) in [5.41, 5.74) is 3.31. The van der Waals surface area contributed by atoms with Crippen LogP contribution in [-0.2, 0) is 11.3 Å². The summed E-state index contributed by atoms with van der Waals surface area (Å²) in [4.78, 5) is 46.4. The molecule has 2 atom stereocenters. The Morgan fingerprint density at radius 3 is 2.58 bits per heavy atom. The number of unbranched alkanes of at least 4 members (excludes halogenated alkanes) is 1. The lowest BCUT2D eigenvalue weighted by atomic mass is 9.83. The third-order valence-corrected chi connectivity index (χ3v) is 9.53. The summed E-state index contributed by atoms with van der Waals surface area (Å²) < 4.78 is 7.08. The first-order chi connectivity index (χ1) is 20.7. The molecule has 43 heavy (non-hydrogen) atoms. The fourth-order valence-corrected chi connectivity index (χ4v) is 6.83. The number of H-pyrrole nitrogens is 1. The zero-order valence-corrected chi connectivity index (χ0v) is 26.0. The lowest BCUT2D eigenvalue weighted by Crippen LogP contribution is -2.60. The van der Waals surface area contributed by atoms with E-state index < -0.39 is 5.76 Å². The Morgan fingerprint density at radius 2 is 1.88 bits per heavy atom. The average Bonchev–Trinajstić information content (AvgIpc) is 3.59. The Labute approximate surface area is 255 Å². The van der Waals surface area contributed by atoms with Gasteiger partial charge in [0.05, 0.1) is 27.8 Å². The lowest BCUT2D eigenvalue weighted by molar-refractivity contribution is -0.132. The Balaban J connectivity index is 1.59. The van der Waals surface area contributed by atoms with E-state index in [9.17, 15) is 9.59 Å². The zero-order chi connectivity index (χ0) is 30.2. The predicted molar refractivity (Wildman–Crippen MR) is 166 cm³/mol. The van der Waals surface area contributed by atoms with E-state index in [1.165, 1.54) is 12.8 Å². The molecule has 1 amide bonds. The number of hydrogen-bond acceptors (Lipinski definition) is 8. The monoisotopic (exact) mass is 606 g/mol. The maximum atomic E-state index is 13.3. The van der Waals surface area contributed by atoms with Gasteiger partial charge in [0.1, 0.15) is 12.2 Å². The molecule has 4 aromatic rings. The normalized spacial score (nSPS) is 23.0. The Bertz CT molecular complexity index is 1670. The number of fused-ring (bicyclic) bond motifs is 1. The first-order valence-electron chi connectivity index (χ1n) is 15.3. The van der Waals surface area contributed by atoms with Gasteiger partial charge in [-0.3, -0.25) is 19.3 Å². The average molecular weight is 607 g/mol.